The van der Waals surface area contributed by atoms with Gasteiger partial charge >= 0.3 is 0 Å². The van der Waals surface area contributed by atoms with E-state index in [1.54, 1.807) is 0 Å². The van der Waals surface area contributed by atoms with Crippen molar-refractivity contribution < 1.29 is 9.53 Å². The number of anilines is 2. The molecule has 0 atom stereocenters. The van der Waals surface area contributed by atoms with Crippen LogP contribution in [0.25, 0.3) is 11.3 Å². The summed E-state index contributed by atoms with van der Waals surface area (Å²) in [6.45, 7) is 6.05. The van der Waals surface area contributed by atoms with Gasteiger partial charge in [0.25, 0.3) is 5.91 Å². The minimum atomic E-state index is -0.206. The van der Waals surface area contributed by atoms with E-state index in [0.717, 1.165) is 41.3 Å². The lowest BCUT2D eigenvalue weighted by Crippen LogP contribution is -2.30. The number of aromatic nitrogens is 2. The van der Waals surface area contributed by atoms with E-state index in [-0.39, 0.29) is 12.5 Å². The number of nitrogens with zero attached hydrogens (tertiary/aromatic N) is 3. The number of hydrogen-bond donors (Lipinski definition) is 1. The second-order valence-corrected chi connectivity index (χ2v) is 8.07. The number of piperidine rings is 1. The summed E-state index contributed by atoms with van der Waals surface area (Å²) in [7, 11) is 0. The van der Waals surface area contributed by atoms with Gasteiger partial charge in [-0.3, -0.25) is 4.79 Å². The topological polar surface area (TPSA) is 67.3 Å². The van der Waals surface area contributed by atoms with Gasteiger partial charge in [0.2, 0.25) is 0 Å². The van der Waals surface area contributed by atoms with Crippen LogP contribution in [0, 0.1) is 13.8 Å². The Morgan fingerprint density at radius 2 is 1.74 bits per heavy atom. The molecule has 2 aromatic carbocycles. The van der Waals surface area contributed by atoms with Gasteiger partial charge in [-0.25, -0.2) is 0 Å². The fourth-order valence-electron chi connectivity index (χ4n) is 3.89. The Bertz CT molecular complexity index is 1020. The molecule has 0 spiro atoms. The maximum absolute atomic E-state index is 12.4. The molecule has 0 saturated carbocycles. The van der Waals surface area contributed by atoms with E-state index in [0.29, 0.717) is 11.4 Å². The Kier molecular flexibility index (Phi) is 6.46. The molecule has 1 saturated heterocycles. The first kappa shape index (κ1) is 20.8. The third-order valence-corrected chi connectivity index (χ3v) is 5.34. The molecule has 4 rings (SSSR count). The summed E-state index contributed by atoms with van der Waals surface area (Å²) in [6, 6.07) is 17.5. The number of carbonyl (C=O) groups excluding carboxylic acids is 1. The Hall–Kier alpha value is -3.41. The largest absolute Gasteiger partial charge is 0.484 e. The molecule has 1 amide bonds. The lowest BCUT2D eigenvalue weighted by atomic mass is 10.1. The van der Waals surface area contributed by atoms with Crippen molar-refractivity contribution in [3.05, 3.63) is 65.7 Å². The van der Waals surface area contributed by atoms with E-state index in [1.165, 1.54) is 19.3 Å². The van der Waals surface area contributed by atoms with Gasteiger partial charge in [0.15, 0.2) is 12.4 Å². The second-order valence-electron chi connectivity index (χ2n) is 8.07. The molecular weight excluding hydrogens is 388 g/mol. The van der Waals surface area contributed by atoms with Gasteiger partial charge in [-0.15, -0.1) is 10.2 Å². The number of nitrogens with one attached hydrogen (secondary N) is 1. The van der Waals surface area contributed by atoms with Crippen molar-refractivity contribution in [1.82, 2.24) is 10.2 Å². The minimum absolute atomic E-state index is 0.0442. The molecule has 0 unspecified atom stereocenters. The van der Waals surface area contributed by atoms with Crippen LogP contribution in [0.2, 0.25) is 0 Å². The third-order valence-electron chi connectivity index (χ3n) is 5.34. The van der Waals surface area contributed by atoms with Crippen LogP contribution in [0.1, 0.15) is 30.4 Å². The number of hydrogen-bond acceptors (Lipinski definition) is 5. The van der Waals surface area contributed by atoms with Crippen molar-refractivity contribution in [3.8, 4) is 17.0 Å². The summed E-state index contributed by atoms with van der Waals surface area (Å²) in [5.41, 5.74) is 4.61. The summed E-state index contributed by atoms with van der Waals surface area (Å²) < 4.78 is 5.65. The highest BCUT2D eigenvalue weighted by atomic mass is 16.5. The first-order chi connectivity index (χ1) is 15.1. The van der Waals surface area contributed by atoms with Crippen LogP contribution in [-0.2, 0) is 4.79 Å². The van der Waals surface area contributed by atoms with Crippen LogP contribution < -0.4 is 15.0 Å². The zero-order chi connectivity index (χ0) is 21.6. The van der Waals surface area contributed by atoms with Crippen molar-refractivity contribution in [2.45, 2.75) is 33.1 Å². The van der Waals surface area contributed by atoms with Crippen LogP contribution in [0.15, 0.2) is 54.6 Å². The van der Waals surface area contributed by atoms with E-state index in [4.69, 9.17) is 4.74 Å². The van der Waals surface area contributed by atoms with Gasteiger partial charge in [0.1, 0.15) is 5.75 Å². The van der Waals surface area contributed by atoms with Crippen LogP contribution in [0.4, 0.5) is 11.5 Å². The molecular formula is C25H28N4O2. The van der Waals surface area contributed by atoms with Crippen molar-refractivity contribution >= 4 is 17.4 Å². The van der Waals surface area contributed by atoms with E-state index in [9.17, 15) is 4.79 Å². The number of benzene rings is 2. The highest BCUT2D eigenvalue weighted by molar-refractivity contribution is 5.92. The molecule has 31 heavy (non-hydrogen) atoms. The van der Waals surface area contributed by atoms with Crippen LogP contribution >= 0.6 is 0 Å². The van der Waals surface area contributed by atoms with Crippen LogP contribution in [0.5, 0.6) is 5.75 Å². The number of carbonyl (C=O) groups is 1. The third kappa shape index (κ3) is 5.60. The zero-order valence-electron chi connectivity index (χ0n) is 18.1. The van der Waals surface area contributed by atoms with E-state index >= 15 is 0 Å². The Labute approximate surface area is 183 Å². The summed E-state index contributed by atoms with van der Waals surface area (Å²) >= 11 is 0. The summed E-state index contributed by atoms with van der Waals surface area (Å²) in [4.78, 5) is 14.6. The summed E-state index contributed by atoms with van der Waals surface area (Å²) in [6.07, 6.45) is 3.70. The SMILES string of the molecule is Cc1cc(C)cc(OCC(=O)Nc2cccc(-c3ccc(N4CCCCC4)nn3)c2)c1. The predicted molar refractivity (Wildman–Crippen MR) is 124 cm³/mol. The Morgan fingerprint density at radius 3 is 2.45 bits per heavy atom. The quantitative estimate of drug-likeness (QED) is 0.627. The average molecular weight is 417 g/mol. The van der Waals surface area contributed by atoms with Crippen molar-refractivity contribution in [1.29, 1.82) is 0 Å². The number of rotatable bonds is 6. The van der Waals surface area contributed by atoms with Gasteiger partial charge in [-0.1, -0.05) is 18.2 Å². The second kappa shape index (κ2) is 9.60. The molecule has 1 aromatic heterocycles. The molecule has 1 aliphatic heterocycles. The molecule has 6 heteroatoms. The molecule has 160 valence electrons. The maximum atomic E-state index is 12.4. The van der Waals surface area contributed by atoms with E-state index < -0.39 is 0 Å². The molecule has 2 heterocycles. The fraction of sp³-hybridized carbons (Fsp3) is 0.320. The normalized spacial score (nSPS) is 13.7. The standard InChI is InChI=1S/C25H28N4O2/c1-18-13-19(2)15-22(14-18)31-17-25(30)26-21-8-6-7-20(16-21)23-9-10-24(28-27-23)29-11-4-3-5-12-29/h6-10,13-16H,3-5,11-12,17H2,1-2H3,(H,26,30). The highest BCUT2D eigenvalue weighted by Crippen LogP contribution is 2.23. The lowest BCUT2D eigenvalue weighted by molar-refractivity contribution is -0.118. The van der Waals surface area contributed by atoms with Gasteiger partial charge < -0.3 is 15.0 Å². The first-order valence-corrected chi connectivity index (χ1v) is 10.8. The minimum Gasteiger partial charge on any atom is -0.484 e. The van der Waals surface area contributed by atoms with Gasteiger partial charge in [-0.05, 0) is 80.6 Å². The molecule has 6 nitrogen and oxygen atoms in total. The van der Waals surface area contributed by atoms with Gasteiger partial charge in [-0.2, -0.15) is 0 Å². The lowest BCUT2D eigenvalue weighted by Gasteiger charge is -2.27. The molecule has 0 radical (unpaired) electrons. The molecule has 1 fully saturated rings. The van der Waals surface area contributed by atoms with Gasteiger partial charge in [0.05, 0.1) is 5.69 Å². The molecule has 1 aliphatic rings. The molecule has 0 aliphatic carbocycles. The highest BCUT2D eigenvalue weighted by Gasteiger charge is 2.13. The monoisotopic (exact) mass is 416 g/mol. The number of aryl methyl sites for hydroxylation is 2. The van der Waals surface area contributed by atoms with Crippen LogP contribution in [0.3, 0.4) is 0 Å². The number of ether oxygens (including phenoxy) is 1. The van der Waals surface area contributed by atoms with Gasteiger partial charge in [0, 0.05) is 24.3 Å². The van der Waals surface area contributed by atoms with E-state index in [1.807, 2.05) is 62.4 Å². The Balaban J connectivity index is 1.38. The Morgan fingerprint density at radius 1 is 0.968 bits per heavy atom. The maximum Gasteiger partial charge on any atom is 0.262 e. The fourth-order valence-corrected chi connectivity index (χ4v) is 3.89. The summed E-state index contributed by atoms with van der Waals surface area (Å²) in [5.74, 6) is 1.42. The summed E-state index contributed by atoms with van der Waals surface area (Å²) in [5, 5.41) is 11.7. The predicted octanol–water partition coefficient (Wildman–Crippen LogP) is 4.77. The first-order valence-electron chi connectivity index (χ1n) is 10.8. The van der Waals surface area contributed by atoms with Crippen molar-refractivity contribution in [3.63, 3.8) is 0 Å². The smallest absolute Gasteiger partial charge is 0.262 e. The average Bonchev–Trinajstić information content (AvgIpc) is 2.78. The molecule has 0 bridgehead atoms. The zero-order valence-corrected chi connectivity index (χ0v) is 18.1. The van der Waals surface area contributed by atoms with Crippen molar-refractivity contribution in [2.24, 2.45) is 0 Å². The molecule has 3 aromatic rings. The van der Waals surface area contributed by atoms with Crippen LogP contribution in [-0.4, -0.2) is 35.8 Å². The van der Waals surface area contributed by atoms with E-state index in [2.05, 4.69) is 26.5 Å². The van der Waals surface area contributed by atoms with Crippen molar-refractivity contribution in [2.75, 3.05) is 29.9 Å². The number of amides is 1. The molecule has 1 N–H and O–H groups in total.